The zero-order valence-corrected chi connectivity index (χ0v) is 23.1. The van der Waals surface area contributed by atoms with Gasteiger partial charge in [0.2, 0.25) is 0 Å². The molecule has 2 aromatic carbocycles. The molecule has 1 aliphatic rings. The number of furan rings is 1. The number of halogens is 1. The Bertz CT molecular complexity index is 1520. The van der Waals surface area contributed by atoms with Crippen LogP contribution in [0.5, 0.6) is 5.75 Å². The zero-order chi connectivity index (χ0) is 28.2. The molecular formula is C31H33FN4O4. The van der Waals surface area contributed by atoms with Gasteiger partial charge in [-0.25, -0.2) is 4.39 Å². The molecule has 208 valence electrons. The lowest BCUT2D eigenvalue weighted by Gasteiger charge is -2.28. The summed E-state index contributed by atoms with van der Waals surface area (Å²) in [6.07, 6.45) is 3.05. The maximum atomic E-state index is 13.7. The molecule has 1 aliphatic heterocycles. The minimum absolute atomic E-state index is 0.124. The zero-order valence-electron chi connectivity index (χ0n) is 23.1. The van der Waals surface area contributed by atoms with Gasteiger partial charge in [-0.2, -0.15) is 5.26 Å². The van der Waals surface area contributed by atoms with Gasteiger partial charge in [0.05, 0.1) is 22.9 Å². The molecule has 0 bridgehead atoms. The van der Waals surface area contributed by atoms with Gasteiger partial charge < -0.3 is 19.0 Å². The Morgan fingerprint density at radius 3 is 2.60 bits per heavy atom. The molecule has 0 saturated carbocycles. The number of nitriles is 1. The van der Waals surface area contributed by atoms with Crippen LogP contribution in [0.2, 0.25) is 0 Å². The van der Waals surface area contributed by atoms with E-state index in [1.165, 1.54) is 12.1 Å². The molecular weight excluding hydrogens is 511 g/mol. The third-order valence-electron chi connectivity index (χ3n) is 7.54. The molecule has 1 N–H and O–H groups in total. The minimum Gasteiger partial charge on any atom is -0.492 e. The molecule has 0 unspecified atom stereocenters. The maximum absolute atomic E-state index is 13.7. The van der Waals surface area contributed by atoms with Crippen molar-refractivity contribution in [3.05, 3.63) is 59.2 Å². The average Bonchev–Trinajstić information content (AvgIpc) is 3.58. The number of nitrogens with zero attached hydrogens (tertiary/aromatic N) is 3. The van der Waals surface area contributed by atoms with E-state index in [-0.39, 0.29) is 17.6 Å². The lowest BCUT2D eigenvalue weighted by atomic mass is 9.97. The number of fused-ring (bicyclic) bond motifs is 1. The van der Waals surface area contributed by atoms with Crippen molar-refractivity contribution in [3.63, 3.8) is 0 Å². The van der Waals surface area contributed by atoms with Crippen LogP contribution in [0.3, 0.4) is 0 Å². The normalized spacial score (nSPS) is 14.4. The first kappa shape index (κ1) is 27.4. The Kier molecular flexibility index (Phi) is 8.17. The van der Waals surface area contributed by atoms with Crippen molar-refractivity contribution in [2.24, 2.45) is 5.92 Å². The van der Waals surface area contributed by atoms with Gasteiger partial charge in [0.15, 0.2) is 0 Å². The van der Waals surface area contributed by atoms with E-state index < -0.39 is 0 Å². The summed E-state index contributed by atoms with van der Waals surface area (Å²) in [4.78, 5) is 15.4. The molecule has 5 rings (SSSR count). The van der Waals surface area contributed by atoms with Crippen LogP contribution in [0.4, 0.5) is 4.39 Å². The van der Waals surface area contributed by atoms with Crippen LogP contribution in [-0.4, -0.2) is 49.3 Å². The van der Waals surface area contributed by atoms with Gasteiger partial charge in [-0.3, -0.25) is 9.69 Å². The first-order chi connectivity index (χ1) is 19.5. The van der Waals surface area contributed by atoms with Crippen molar-refractivity contribution in [1.82, 2.24) is 15.4 Å². The Morgan fingerprint density at radius 2 is 1.95 bits per heavy atom. The fourth-order valence-corrected chi connectivity index (χ4v) is 5.31. The molecule has 2 aromatic heterocycles. The molecule has 0 atom stereocenters. The van der Waals surface area contributed by atoms with Crippen LogP contribution in [0, 0.1) is 23.1 Å². The molecule has 1 saturated heterocycles. The van der Waals surface area contributed by atoms with Gasteiger partial charge in [0, 0.05) is 42.4 Å². The number of carbonyl (C=O) groups excluding carboxylic acids is 1. The smallest absolute Gasteiger partial charge is 0.255 e. The predicted molar refractivity (Wildman–Crippen MR) is 150 cm³/mol. The third kappa shape index (κ3) is 5.32. The summed E-state index contributed by atoms with van der Waals surface area (Å²) in [5.41, 5.74) is 3.93. The predicted octanol–water partition coefficient (Wildman–Crippen LogP) is 5.99. The van der Waals surface area contributed by atoms with E-state index >= 15 is 0 Å². The lowest BCUT2D eigenvalue weighted by Crippen LogP contribution is -2.36. The van der Waals surface area contributed by atoms with Crippen LogP contribution in [0.1, 0.15) is 48.5 Å². The van der Waals surface area contributed by atoms with E-state index in [0.717, 1.165) is 55.1 Å². The summed E-state index contributed by atoms with van der Waals surface area (Å²) in [7, 11) is 1.56. The summed E-state index contributed by atoms with van der Waals surface area (Å²) in [5.74, 6) is 1.14. The molecule has 0 spiro atoms. The second-order valence-corrected chi connectivity index (χ2v) is 9.96. The monoisotopic (exact) mass is 544 g/mol. The SMILES string of the molecule is CCc1noc(CC)c1-c1cc2oc(-c3ccc(F)cc3)c(C(=O)NC)c2cc1OCCN1CCC(C#N)CC1. The van der Waals surface area contributed by atoms with Crippen LogP contribution in [0.15, 0.2) is 45.3 Å². The van der Waals surface area contributed by atoms with Gasteiger partial charge in [-0.1, -0.05) is 19.0 Å². The molecule has 1 amide bonds. The van der Waals surface area contributed by atoms with Crippen LogP contribution in [-0.2, 0) is 12.8 Å². The number of aryl methyl sites for hydroxylation is 2. The Labute approximate surface area is 232 Å². The van der Waals surface area contributed by atoms with Crippen LogP contribution in [0.25, 0.3) is 33.4 Å². The van der Waals surface area contributed by atoms with Crippen molar-refractivity contribution in [2.45, 2.75) is 39.5 Å². The Morgan fingerprint density at radius 1 is 1.20 bits per heavy atom. The topological polar surface area (TPSA) is 105 Å². The molecule has 4 aromatic rings. The number of nitrogens with one attached hydrogen (secondary N) is 1. The number of aromatic nitrogens is 1. The number of piperidine rings is 1. The van der Waals surface area contributed by atoms with Crippen LogP contribution < -0.4 is 10.1 Å². The molecule has 3 heterocycles. The standard InChI is InChI=1S/C31H33FN4O4/c1-4-24-28(25(5-2)40-35-24)22-17-27-23(16-26(22)38-15-14-36-12-10-19(18-33)11-13-36)29(31(37)34-3)30(39-27)20-6-8-21(32)9-7-20/h6-9,16-17,19H,4-5,10-15H2,1-3H3,(H,34,37). The highest BCUT2D eigenvalue weighted by Gasteiger charge is 2.27. The van der Waals surface area contributed by atoms with Gasteiger partial charge in [0.1, 0.15) is 35.3 Å². The summed E-state index contributed by atoms with van der Waals surface area (Å²) < 4.78 is 32.1. The average molecular weight is 545 g/mol. The van der Waals surface area contributed by atoms with Crippen molar-refractivity contribution < 1.29 is 22.9 Å². The Balaban J connectivity index is 1.59. The van der Waals surface area contributed by atoms with E-state index in [4.69, 9.17) is 13.7 Å². The Hall–Kier alpha value is -4.16. The fraction of sp³-hybridized carbons (Fsp3) is 0.387. The van der Waals surface area contributed by atoms with Crippen LogP contribution >= 0.6 is 0 Å². The first-order valence-corrected chi connectivity index (χ1v) is 13.8. The highest BCUT2D eigenvalue weighted by Crippen LogP contribution is 2.43. The number of benzene rings is 2. The van der Waals surface area contributed by atoms with E-state index in [9.17, 15) is 14.4 Å². The molecule has 0 radical (unpaired) electrons. The van der Waals surface area contributed by atoms with Crippen molar-refractivity contribution in [3.8, 4) is 34.3 Å². The molecule has 0 aliphatic carbocycles. The largest absolute Gasteiger partial charge is 0.492 e. The second kappa shape index (κ2) is 11.9. The summed E-state index contributed by atoms with van der Waals surface area (Å²) in [6.45, 7) is 6.91. The van der Waals surface area contributed by atoms with E-state index in [0.29, 0.717) is 53.1 Å². The molecule has 9 heteroatoms. The molecule has 8 nitrogen and oxygen atoms in total. The number of ether oxygens (including phenoxy) is 1. The van der Waals surface area contributed by atoms with Gasteiger partial charge in [0.25, 0.3) is 5.91 Å². The number of hydrogen-bond acceptors (Lipinski definition) is 7. The summed E-state index contributed by atoms with van der Waals surface area (Å²) in [5, 5.41) is 16.8. The van der Waals surface area contributed by atoms with Crippen molar-refractivity contribution in [2.75, 3.05) is 33.3 Å². The summed E-state index contributed by atoms with van der Waals surface area (Å²) >= 11 is 0. The maximum Gasteiger partial charge on any atom is 0.255 e. The summed E-state index contributed by atoms with van der Waals surface area (Å²) in [6, 6.07) is 12.0. The van der Waals surface area contributed by atoms with E-state index in [2.05, 4.69) is 21.4 Å². The van der Waals surface area contributed by atoms with E-state index in [1.54, 1.807) is 19.2 Å². The highest BCUT2D eigenvalue weighted by molar-refractivity contribution is 6.12. The lowest BCUT2D eigenvalue weighted by molar-refractivity contribution is 0.0964. The number of amides is 1. The number of hydrogen-bond donors (Lipinski definition) is 1. The van der Waals surface area contributed by atoms with Gasteiger partial charge in [-0.15, -0.1) is 0 Å². The number of rotatable bonds is 9. The second-order valence-electron chi connectivity index (χ2n) is 9.96. The van der Waals surface area contributed by atoms with Crippen molar-refractivity contribution in [1.29, 1.82) is 5.26 Å². The van der Waals surface area contributed by atoms with E-state index in [1.807, 2.05) is 26.0 Å². The molecule has 1 fully saturated rings. The minimum atomic E-state index is -0.372. The fourth-order valence-electron chi connectivity index (χ4n) is 5.31. The quantitative estimate of drug-likeness (QED) is 0.276. The van der Waals surface area contributed by atoms with Gasteiger partial charge >= 0.3 is 0 Å². The third-order valence-corrected chi connectivity index (χ3v) is 7.54. The van der Waals surface area contributed by atoms with Crippen molar-refractivity contribution >= 4 is 16.9 Å². The number of carbonyl (C=O) groups is 1. The highest BCUT2D eigenvalue weighted by atomic mass is 19.1. The van der Waals surface area contributed by atoms with Gasteiger partial charge in [-0.05, 0) is 68.8 Å². The number of likely N-dealkylation sites (tertiary alicyclic amines) is 1. The first-order valence-electron chi connectivity index (χ1n) is 13.8. The molecule has 40 heavy (non-hydrogen) atoms.